The van der Waals surface area contributed by atoms with Gasteiger partial charge in [-0.1, -0.05) is 0 Å². The van der Waals surface area contributed by atoms with E-state index in [0.717, 1.165) is 31.4 Å². The van der Waals surface area contributed by atoms with Gasteiger partial charge < -0.3 is 15.4 Å². The quantitative estimate of drug-likeness (QED) is 0.802. The van der Waals surface area contributed by atoms with Gasteiger partial charge in [-0.3, -0.25) is 9.97 Å². The first kappa shape index (κ1) is 14.8. The summed E-state index contributed by atoms with van der Waals surface area (Å²) in [5.74, 6) is 0.751. The third-order valence-electron chi connectivity index (χ3n) is 4.22. The molecule has 0 bridgehead atoms. The zero-order valence-corrected chi connectivity index (χ0v) is 13.0. The Labute approximate surface area is 138 Å². The number of halogens is 1. The predicted octanol–water partition coefficient (Wildman–Crippen LogP) is 3.10. The Bertz CT molecular complexity index is 869. The zero-order valence-electron chi connectivity index (χ0n) is 13.0. The number of aromatic nitrogens is 2. The van der Waals surface area contributed by atoms with Crippen molar-refractivity contribution in [3.05, 3.63) is 54.7 Å². The summed E-state index contributed by atoms with van der Waals surface area (Å²) in [6.45, 7) is 1.85. The van der Waals surface area contributed by atoms with Gasteiger partial charge >= 0.3 is 0 Å². The van der Waals surface area contributed by atoms with Crippen LogP contribution in [0.5, 0.6) is 11.5 Å². The first-order valence-electron chi connectivity index (χ1n) is 7.87. The molecule has 1 atom stereocenters. The Morgan fingerprint density at radius 1 is 1.17 bits per heavy atom. The fourth-order valence-corrected chi connectivity index (χ4v) is 2.97. The van der Waals surface area contributed by atoms with E-state index in [-0.39, 0.29) is 11.6 Å². The molecule has 3 heterocycles. The largest absolute Gasteiger partial charge is 0.457 e. The molecule has 1 aliphatic rings. The van der Waals surface area contributed by atoms with Crippen molar-refractivity contribution >= 4 is 16.6 Å². The summed E-state index contributed by atoms with van der Waals surface area (Å²) >= 11 is 0. The van der Waals surface area contributed by atoms with Crippen LogP contribution in [0.15, 0.2) is 48.9 Å². The maximum Gasteiger partial charge on any atom is 0.167 e. The lowest BCUT2D eigenvalue weighted by atomic mass is 10.2. The summed E-state index contributed by atoms with van der Waals surface area (Å²) < 4.78 is 19.7. The second-order valence-corrected chi connectivity index (χ2v) is 5.92. The number of hydrogen-bond acceptors (Lipinski definition) is 5. The van der Waals surface area contributed by atoms with Gasteiger partial charge in [-0.15, -0.1) is 0 Å². The Kier molecular flexibility index (Phi) is 3.74. The van der Waals surface area contributed by atoms with E-state index in [1.165, 1.54) is 6.20 Å². The van der Waals surface area contributed by atoms with Gasteiger partial charge in [0.15, 0.2) is 5.82 Å². The topological polar surface area (TPSA) is 64.3 Å². The fourth-order valence-electron chi connectivity index (χ4n) is 2.97. The van der Waals surface area contributed by atoms with Crippen LogP contribution < -0.4 is 15.4 Å². The molecule has 1 fully saturated rings. The second-order valence-electron chi connectivity index (χ2n) is 5.92. The number of fused-ring (bicyclic) bond motifs is 1. The maximum atomic E-state index is 13.8. The molecule has 1 saturated heterocycles. The number of rotatable bonds is 3. The van der Waals surface area contributed by atoms with Crippen LogP contribution in [0.3, 0.4) is 0 Å². The molecule has 3 aromatic rings. The Morgan fingerprint density at radius 2 is 2.00 bits per heavy atom. The molecule has 1 aliphatic heterocycles. The summed E-state index contributed by atoms with van der Waals surface area (Å²) in [6.07, 6.45) is 5.25. The minimum atomic E-state index is -0.460. The van der Waals surface area contributed by atoms with Crippen LogP contribution in [-0.4, -0.2) is 29.1 Å². The normalized spacial score (nSPS) is 17.4. The highest BCUT2D eigenvalue weighted by atomic mass is 19.1. The number of hydrogen-bond donors (Lipinski definition) is 1. The van der Waals surface area contributed by atoms with Gasteiger partial charge in [0.25, 0.3) is 0 Å². The van der Waals surface area contributed by atoms with Crippen LogP contribution >= 0.6 is 0 Å². The predicted molar refractivity (Wildman–Crippen MR) is 90.8 cm³/mol. The third kappa shape index (κ3) is 2.76. The highest BCUT2D eigenvalue weighted by molar-refractivity contribution is 5.84. The van der Waals surface area contributed by atoms with Crippen molar-refractivity contribution in [3.8, 4) is 11.5 Å². The van der Waals surface area contributed by atoms with Crippen molar-refractivity contribution in [3.63, 3.8) is 0 Å². The molecule has 0 aliphatic carbocycles. The van der Waals surface area contributed by atoms with Crippen LogP contribution in [0.1, 0.15) is 6.42 Å². The Balaban J connectivity index is 1.59. The summed E-state index contributed by atoms with van der Waals surface area (Å²) in [7, 11) is 0. The van der Waals surface area contributed by atoms with E-state index >= 15 is 0 Å². The van der Waals surface area contributed by atoms with Crippen molar-refractivity contribution in [2.75, 3.05) is 18.0 Å². The number of anilines is 1. The number of benzene rings is 1. The smallest absolute Gasteiger partial charge is 0.167 e. The molecule has 4 rings (SSSR count). The van der Waals surface area contributed by atoms with E-state index in [1.807, 2.05) is 24.3 Å². The van der Waals surface area contributed by atoms with E-state index in [1.54, 1.807) is 12.3 Å². The molecular weight excluding hydrogens is 307 g/mol. The molecule has 0 saturated carbocycles. The van der Waals surface area contributed by atoms with Gasteiger partial charge in [0.05, 0.1) is 11.6 Å². The number of ether oxygens (including phenoxy) is 1. The highest BCUT2D eigenvalue weighted by Gasteiger charge is 2.19. The minimum absolute atomic E-state index is 0.242. The molecule has 1 aromatic carbocycles. The van der Waals surface area contributed by atoms with Gasteiger partial charge in [0.1, 0.15) is 17.0 Å². The first-order chi connectivity index (χ1) is 11.7. The van der Waals surface area contributed by atoms with Gasteiger partial charge in [0.2, 0.25) is 0 Å². The number of pyridine rings is 2. The minimum Gasteiger partial charge on any atom is -0.457 e. The highest BCUT2D eigenvalue weighted by Crippen LogP contribution is 2.30. The van der Waals surface area contributed by atoms with Gasteiger partial charge in [-0.2, -0.15) is 0 Å². The van der Waals surface area contributed by atoms with Crippen molar-refractivity contribution in [1.29, 1.82) is 0 Å². The van der Waals surface area contributed by atoms with Gasteiger partial charge in [-0.05, 0) is 36.8 Å². The second kappa shape index (κ2) is 6.05. The summed E-state index contributed by atoms with van der Waals surface area (Å²) in [6, 6.07) is 9.77. The lowest BCUT2D eigenvalue weighted by Crippen LogP contribution is -2.26. The van der Waals surface area contributed by atoms with Gasteiger partial charge in [-0.25, -0.2) is 4.39 Å². The lowest BCUT2D eigenvalue weighted by molar-refractivity contribution is 0.487. The van der Waals surface area contributed by atoms with Crippen LogP contribution in [-0.2, 0) is 0 Å². The van der Waals surface area contributed by atoms with E-state index in [2.05, 4.69) is 14.9 Å². The number of nitrogens with two attached hydrogens (primary N) is 1. The standard InChI is InChI=1S/C18H17FN4O/c19-16-10-21-9-15-17(5-7-22-18(15)16)24-14-3-1-13(2-4-14)23-8-6-12(20)11-23/h1-5,7,9-10,12H,6,8,11,20H2. The fraction of sp³-hybridized carbons (Fsp3) is 0.222. The average molecular weight is 324 g/mol. The molecule has 1 unspecified atom stereocenters. The molecule has 2 aromatic heterocycles. The molecule has 0 spiro atoms. The summed E-state index contributed by atoms with van der Waals surface area (Å²) in [5.41, 5.74) is 7.33. The molecule has 5 nitrogen and oxygen atoms in total. The van der Waals surface area contributed by atoms with E-state index < -0.39 is 5.82 Å². The van der Waals surface area contributed by atoms with Crippen molar-refractivity contribution in [2.24, 2.45) is 5.73 Å². The molecule has 0 radical (unpaired) electrons. The van der Waals surface area contributed by atoms with Crippen LogP contribution in [0.2, 0.25) is 0 Å². The van der Waals surface area contributed by atoms with Crippen LogP contribution in [0.4, 0.5) is 10.1 Å². The molecule has 6 heteroatoms. The Hall–Kier alpha value is -2.73. The van der Waals surface area contributed by atoms with Crippen molar-refractivity contribution in [1.82, 2.24) is 9.97 Å². The maximum absolute atomic E-state index is 13.8. The summed E-state index contributed by atoms with van der Waals surface area (Å²) in [5, 5.41) is 0.548. The first-order valence-corrected chi connectivity index (χ1v) is 7.87. The Morgan fingerprint density at radius 3 is 2.75 bits per heavy atom. The van der Waals surface area contributed by atoms with Gasteiger partial charge in [0, 0.05) is 37.2 Å². The van der Waals surface area contributed by atoms with Crippen molar-refractivity contribution < 1.29 is 9.13 Å². The van der Waals surface area contributed by atoms with Crippen LogP contribution in [0.25, 0.3) is 10.9 Å². The zero-order chi connectivity index (χ0) is 16.5. The van der Waals surface area contributed by atoms with E-state index in [0.29, 0.717) is 16.9 Å². The molecule has 2 N–H and O–H groups in total. The average Bonchev–Trinajstić information content (AvgIpc) is 3.03. The molecule has 24 heavy (non-hydrogen) atoms. The van der Waals surface area contributed by atoms with E-state index in [9.17, 15) is 4.39 Å². The van der Waals surface area contributed by atoms with Crippen LogP contribution in [0, 0.1) is 5.82 Å². The lowest BCUT2D eigenvalue weighted by Gasteiger charge is -2.18. The molecule has 122 valence electrons. The summed E-state index contributed by atoms with van der Waals surface area (Å²) in [4.78, 5) is 10.2. The molecular formula is C18H17FN4O. The monoisotopic (exact) mass is 324 g/mol. The molecule has 0 amide bonds. The number of nitrogens with zero attached hydrogens (tertiary/aromatic N) is 3. The van der Waals surface area contributed by atoms with Crippen molar-refractivity contribution in [2.45, 2.75) is 12.5 Å². The van der Waals surface area contributed by atoms with E-state index in [4.69, 9.17) is 10.5 Å². The third-order valence-corrected chi connectivity index (χ3v) is 4.22. The SMILES string of the molecule is NC1CCN(c2ccc(Oc3ccnc4c(F)cncc34)cc2)C1.